The lowest BCUT2D eigenvalue weighted by atomic mass is 10.1. The fourth-order valence-electron chi connectivity index (χ4n) is 3.00. The predicted octanol–water partition coefficient (Wildman–Crippen LogP) is 3.13. The summed E-state index contributed by atoms with van der Waals surface area (Å²) in [6, 6.07) is 13.1. The third-order valence-electron chi connectivity index (χ3n) is 4.69. The fraction of sp³-hybridized carbons (Fsp3) is 0.286. The average Bonchev–Trinajstić information content (AvgIpc) is 3.19. The maximum Gasteiger partial charge on any atom is 0.320 e. The lowest BCUT2D eigenvalue weighted by Crippen LogP contribution is -2.39. The van der Waals surface area contributed by atoms with Gasteiger partial charge in [-0.1, -0.05) is 22.4 Å². The summed E-state index contributed by atoms with van der Waals surface area (Å²) in [5.74, 6) is 0. The molecule has 3 aromatic rings. The maximum atomic E-state index is 12.5. The van der Waals surface area contributed by atoms with E-state index in [1.54, 1.807) is 21.8 Å². The first-order valence-corrected chi connectivity index (χ1v) is 10.5. The number of nitrogens with zero attached hydrogens (tertiary/aromatic N) is 6. The molecule has 0 unspecified atom stereocenters. The Hall–Kier alpha value is -3.73. The summed E-state index contributed by atoms with van der Waals surface area (Å²) in [6.45, 7) is 5.19. The highest BCUT2D eigenvalue weighted by atomic mass is 32.1. The number of hydrazone groups is 1. The van der Waals surface area contributed by atoms with Gasteiger partial charge in [0.1, 0.15) is 0 Å². The Bertz CT molecular complexity index is 1150. The molecule has 0 bridgehead atoms. The van der Waals surface area contributed by atoms with Gasteiger partial charge in [-0.25, -0.2) is 9.48 Å². The first-order chi connectivity index (χ1) is 15.4. The van der Waals surface area contributed by atoms with Gasteiger partial charge in [0.2, 0.25) is 4.77 Å². The zero-order chi connectivity index (χ0) is 23.1. The zero-order valence-electron chi connectivity index (χ0n) is 18.5. The van der Waals surface area contributed by atoms with Gasteiger partial charge in [0.25, 0.3) is 0 Å². The number of carbonyl (C=O) groups excluding carboxylic acids is 1. The molecule has 3 rings (SSSR count). The van der Waals surface area contributed by atoms with Crippen LogP contribution in [0.15, 0.2) is 47.6 Å². The molecule has 0 spiro atoms. The molecule has 0 fully saturated rings. The number of carbonyl (C=O) groups is 1. The minimum absolute atomic E-state index is 0.305. The fourth-order valence-corrected chi connectivity index (χ4v) is 3.18. The van der Waals surface area contributed by atoms with Crippen LogP contribution in [0, 0.1) is 11.7 Å². The number of hydrogen-bond donors (Lipinski definition) is 3. The lowest BCUT2D eigenvalue weighted by molar-refractivity contribution is 0.252. The molecule has 0 atom stereocenters. The van der Waals surface area contributed by atoms with Gasteiger partial charge in [0, 0.05) is 32.0 Å². The Balaban J connectivity index is 1.62. The zero-order valence-corrected chi connectivity index (χ0v) is 19.3. The maximum absolute atomic E-state index is 12.5. The van der Waals surface area contributed by atoms with Gasteiger partial charge in [0.05, 0.1) is 18.6 Å². The van der Waals surface area contributed by atoms with Crippen LogP contribution >= 0.6 is 12.2 Å². The van der Waals surface area contributed by atoms with Crippen LogP contribution in [-0.4, -0.2) is 64.8 Å². The topological polar surface area (TPSA) is 106 Å². The van der Waals surface area contributed by atoms with Crippen molar-refractivity contribution in [1.29, 1.82) is 0 Å². The summed E-state index contributed by atoms with van der Waals surface area (Å²) in [6.07, 6.45) is 1.84. The number of tetrazole rings is 1. The van der Waals surface area contributed by atoms with Gasteiger partial charge in [-0.05, 0) is 67.5 Å². The second-order valence-corrected chi connectivity index (χ2v) is 7.61. The van der Waals surface area contributed by atoms with Crippen LogP contribution in [0.1, 0.15) is 18.1 Å². The van der Waals surface area contributed by atoms with Crippen LogP contribution in [0.4, 0.5) is 16.2 Å². The lowest BCUT2D eigenvalue weighted by Gasteiger charge is -2.24. The van der Waals surface area contributed by atoms with Gasteiger partial charge in [0.15, 0.2) is 0 Å². The van der Waals surface area contributed by atoms with Crippen molar-refractivity contribution in [2.75, 3.05) is 37.5 Å². The summed E-state index contributed by atoms with van der Waals surface area (Å²) in [5.41, 5.74) is 4.54. The molecular weight excluding hydrogens is 426 g/mol. The monoisotopic (exact) mass is 453 g/mol. The van der Waals surface area contributed by atoms with E-state index in [0.29, 0.717) is 17.1 Å². The number of hydrogen-bond acceptors (Lipinski definition) is 7. The van der Waals surface area contributed by atoms with Crippen molar-refractivity contribution in [3.8, 4) is 5.69 Å². The molecule has 0 saturated heterocycles. The molecule has 0 saturated carbocycles. The highest BCUT2D eigenvalue weighted by molar-refractivity contribution is 7.71. The van der Waals surface area contributed by atoms with Crippen molar-refractivity contribution in [3.05, 3.63) is 58.4 Å². The van der Waals surface area contributed by atoms with E-state index in [-0.39, 0.29) is 6.03 Å². The number of anilines is 2. The molecule has 11 heteroatoms. The van der Waals surface area contributed by atoms with E-state index in [2.05, 4.69) is 42.2 Å². The number of aryl methyl sites for hydroxylation is 1. The van der Waals surface area contributed by atoms with E-state index in [0.717, 1.165) is 29.0 Å². The normalized spacial score (nSPS) is 10.9. The van der Waals surface area contributed by atoms with E-state index >= 15 is 0 Å². The Kier molecular flexibility index (Phi) is 7.55. The van der Waals surface area contributed by atoms with Gasteiger partial charge in [-0.2, -0.15) is 10.3 Å². The molecule has 0 aliphatic rings. The predicted molar refractivity (Wildman–Crippen MR) is 129 cm³/mol. The van der Waals surface area contributed by atoms with Crippen LogP contribution in [0.25, 0.3) is 5.69 Å². The van der Waals surface area contributed by atoms with Gasteiger partial charge in [-0.3, -0.25) is 0 Å². The van der Waals surface area contributed by atoms with Crippen LogP contribution in [0.2, 0.25) is 0 Å². The second-order valence-electron chi connectivity index (χ2n) is 7.25. The molecule has 32 heavy (non-hydrogen) atoms. The standard InChI is InChI=1S/C21H27N9OS/c1-5-29(18-10-9-16(15(2)11-18)13-23-28(3)4)14-22-20(31)24-17-7-6-8-19(12-17)30-21(32)25-26-27-30/h6-13H,5,14H2,1-4H3,(H2,22,24,31)(H,25,27,32). The minimum atomic E-state index is -0.307. The Morgan fingerprint density at radius 3 is 2.75 bits per heavy atom. The number of nitrogens with one attached hydrogen (secondary N) is 3. The molecule has 1 heterocycles. The quantitative estimate of drug-likeness (QED) is 0.209. The Labute approximate surface area is 191 Å². The summed E-state index contributed by atoms with van der Waals surface area (Å²) >= 11 is 5.12. The van der Waals surface area contributed by atoms with Crippen molar-refractivity contribution in [1.82, 2.24) is 30.5 Å². The highest BCUT2D eigenvalue weighted by Crippen LogP contribution is 2.18. The van der Waals surface area contributed by atoms with Crippen molar-refractivity contribution < 1.29 is 4.79 Å². The number of aromatic nitrogens is 4. The van der Waals surface area contributed by atoms with E-state index in [9.17, 15) is 4.79 Å². The van der Waals surface area contributed by atoms with Crippen molar-refractivity contribution in [2.24, 2.45) is 5.10 Å². The van der Waals surface area contributed by atoms with Gasteiger partial charge in [-0.15, -0.1) is 0 Å². The van der Waals surface area contributed by atoms with Crippen LogP contribution in [0.5, 0.6) is 0 Å². The Morgan fingerprint density at radius 2 is 2.09 bits per heavy atom. The molecule has 2 amide bonds. The molecule has 1 aromatic heterocycles. The largest absolute Gasteiger partial charge is 0.354 e. The molecule has 3 N–H and O–H groups in total. The van der Waals surface area contributed by atoms with E-state index in [4.69, 9.17) is 12.2 Å². The van der Waals surface area contributed by atoms with E-state index in [1.807, 2.05) is 58.4 Å². The second kappa shape index (κ2) is 10.5. The summed E-state index contributed by atoms with van der Waals surface area (Å²) in [5, 5.41) is 21.9. The summed E-state index contributed by atoms with van der Waals surface area (Å²) in [4.78, 5) is 14.5. The number of urea groups is 1. The van der Waals surface area contributed by atoms with Crippen LogP contribution in [-0.2, 0) is 0 Å². The number of benzene rings is 2. The average molecular weight is 454 g/mol. The number of H-pyrrole nitrogens is 1. The minimum Gasteiger partial charge on any atom is -0.354 e. The van der Waals surface area contributed by atoms with E-state index < -0.39 is 0 Å². The molecular formula is C21H27N9OS. The molecule has 10 nitrogen and oxygen atoms in total. The van der Waals surface area contributed by atoms with Crippen molar-refractivity contribution in [3.63, 3.8) is 0 Å². The third-order valence-corrected chi connectivity index (χ3v) is 4.96. The third kappa shape index (κ3) is 5.91. The Morgan fingerprint density at radius 1 is 1.28 bits per heavy atom. The van der Waals surface area contributed by atoms with Crippen LogP contribution < -0.4 is 15.5 Å². The smallest absolute Gasteiger partial charge is 0.320 e. The first-order valence-electron chi connectivity index (χ1n) is 10.1. The summed E-state index contributed by atoms with van der Waals surface area (Å²) in [7, 11) is 3.77. The molecule has 0 radical (unpaired) electrons. The number of aromatic amines is 1. The van der Waals surface area contributed by atoms with Gasteiger partial charge < -0.3 is 20.5 Å². The van der Waals surface area contributed by atoms with Crippen molar-refractivity contribution >= 4 is 35.8 Å². The van der Waals surface area contributed by atoms with Crippen LogP contribution in [0.3, 0.4) is 0 Å². The molecule has 0 aliphatic heterocycles. The number of rotatable bonds is 8. The number of amides is 2. The highest BCUT2D eigenvalue weighted by Gasteiger charge is 2.09. The molecule has 2 aromatic carbocycles. The first kappa shape index (κ1) is 22.9. The van der Waals surface area contributed by atoms with Gasteiger partial charge >= 0.3 is 6.03 Å². The SMILES string of the molecule is CCN(CNC(=O)Nc1cccc(-n2[nH]nnc2=S)c1)c1ccc(C=NN(C)C)c(C)c1. The molecule has 0 aliphatic carbocycles. The summed E-state index contributed by atoms with van der Waals surface area (Å²) < 4.78 is 1.85. The molecule has 168 valence electrons. The van der Waals surface area contributed by atoms with Crippen molar-refractivity contribution in [2.45, 2.75) is 13.8 Å². The van der Waals surface area contributed by atoms with E-state index in [1.165, 1.54) is 0 Å².